The lowest BCUT2D eigenvalue weighted by molar-refractivity contribution is -0.124. The van der Waals surface area contributed by atoms with E-state index in [0.29, 0.717) is 30.8 Å². The van der Waals surface area contributed by atoms with Gasteiger partial charge in [-0.15, -0.1) is 0 Å². The van der Waals surface area contributed by atoms with Crippen LogP contribution < -0.4 is 10.1 Å². The van der Waals surface area contributed by atoms with Gasteiger partial charge in [0, 0.05) is 35.8 Å². The van der Waals surface area contributed by atoms with Crippen LogP contribution >= 0.6 is 0 Å². The van der Waals surface area contributed by atoms with Gasteiger partial charge >= 0.3 is 0 Å². The molecule has 6 rings (SSSR count). The number of aromatic hydroxyl groups is 1. The Labute approximate surface area is 238 Å². The van der Waals surface area contributed by atoms with E-state index in [4.69, 9.17) is 4.74 Å². The minimum Gasteiger partial charge on any atom is -0.508 e. The number of aromatic amines is 1. The average molecular weight is 546 g/mol. The number of amides is 2. The van der Waals surface area contributed by atoms with Crippen LogP contribution in [0.2, 0.25) is 0 Å². The van der Waals surface area contributed by atoms with E-state index in [1.807, 2.05) is 90.0 Å². The SMILES string of the molecule is COc1ccc([C@H]2[C@@H](C(=O)NCCc3c[nH]c4ccc(O)cc34)c3ccccc3C(=O)N2Cc2ccccc2)cc1. The Morgan fingerprint density at radius 1 is 0.976 bits per heavy atom. The zero-order chi connectivity index (χ0) is 28.3. The maximum atomic E-state index is 14.1. The molecule has 0 saturated carbocycles. The number of benzene rings is 4. The van der Waals surface area contributed by atoms with Crippen molar-refractivity contribution >= 4 is 22.7 Å². The highest BCUT2D eigenvalue weighted by Gasteiger charge is 2.44. The van der Waals surface area contributed by atoms with Crippen LogP contribution in [0.4, 0.5) is 0 Å². The second kappa shape index (κ2) is 11.2. The largest absolute Gasteiger partial charge is 0.508 e. The van der Waals surface area contributed by atoms with E-state index >= 15 is 0 Å². The van der Waals surface area contributed by atoms with Gasteiger partial charge in [-0.05, 0) is 65.1 Å². The second-order valence-electron chi connectivity index (χ2n) is 10.3. The van der Waals surface area contributed by atoms with Crippen molar-refractivity contribution in [1.29, 1.82) is 0 Å². The van der Waals surface area contributed by atoms with Gasteiger partial charge in [0.1, 0.15) is 11.5 Å². The smallest absolute Gasteiger partial charge is 0.255 e. The summed E-state index contributed by atoms with van der Waals surface area (Å²) in [5, 5.41) is 14.0. The van der Waals surface area contributed by atoms with Crippen LogP contribution in [0.1, 0.15) is 44.6 Å². The molecule has 0 bridgehead atoms. The highest BCUT2D eigenvalue weighted by molar-refractivity contribution is 6.01. The molecule has 41 heavy (non-hydrogen) atoms. The van der Waals surface area contributed by atoms with Crippen molar-refractivity contribution in [1.82, 2.24) is 15.2 Å². The van der Waals surface area contributed by atoms with Gasteiger partial charge in [-0.1, -0.05) is 60.7 Å². The number of nitrogens with zero attached hydrogens (tertiary/aromatic N) is 1. The second-order valence-corrected chi connectivity index (χ2v) is 10.3. The van der Waals surface area contributed by atoms with Crippen LogP contribution in [0.3, 0.4) is 0 Å². The molecule has 0 unspecified atom stereocenters. The Morgan fingerprint density at radius 2 is 1.73 bits per heavy atom. The minimum atomic E-state index is -0.618. The van der Waals surface area contributed by atoms with Gasteiger partial charge in [0.05, 0.1) is 19.1 Å². The van der Waals surface area contributed by atoms with E-state index in [1.165, 1.54) is 0 Å². The molecule has 0 radical (unpaired) electrons. The minimum absolute atomic E-state index is 0.104. The van der Waals surface area contributed by atoms with Crippen LogP contribution in [0, 0.1) is 0 Å². The third-order valence-electron chi connectivity index (χ3n) is 7.82. The summed E-state index contributed by atoms with van der Waals surface area (Å²) < 4.78 is 5.38. The molecule has 5 aromatic rings. The molecule has 0 aliphatic carbocycles. The molecule has 0 spiro atoms. The van der Waals surface area contributed by atoms with Crippen molar-refractivity contribution in [2.45, 2.75) is 24.9 Å². The van der Waals surface area contributed by atoms with E-state index in [9.17, 15) is 14.7 Å². The molecular weight excluding hydrogens is 514 g/mol. The van der Waals surface area contributed by atoms with Crippen molar-refractivity contribution in [3.8, 4) is 11.5 Å². The predicted molar refractivity (Wildman–Crippen MR) is 158 cm³/mol. The van der Waals surface area contributed by atoms with E-state index in [1.54, 1.807) is 25.3 Å². The van der Waals surface area contributed by atoms with Crippen LogP contribution in [0.5, 0.6) is 11.5 Å². The van der Waals surface area contributed by atoms with Gasteiger partial charge in [0.2, 0.25) is 5.91 Å². The standard InChI is InChI=1S/C34H31N3O4/c1-41-26-14-11-23(12-15-26)32-31(33(39)35-18-17-24-20-36-30-16-13-25(38)19-29(24)30)27-9-5-6-10-28(27)34(40)37(32)21-22-7-3-2-4-8-22/h2-16,19-20,31-32,36,38H,17-18,21H2,1H3,(H,35,39)/t31-,32-/m0/s1. The molecule has 2 heterocycles. The number of phenolic OH excluding ortho intramolecular Hbond substituents is 1. The van der Waals surface area contributed by atoms with Crippen LogP contribution in [-0.2, 0) is 17.8 Å². The molecule has 1 aromatic heterocycles. The number of fused-ring (bicyclic) bond motifs is 2. The molecule has 2 amide bonds. The fourth-order valence-corrected chi connectivity index (χ4v) is 5.81. The highest BCUT2D eigenvalue weighted by Crippen LogP contribution is 2.44. The molecule has 0 saturated heterocycles. The molecule has 1 aliphatic heterocycles. The molecular formula is C34H31N3O4. The quantitative estimate of drug-likeness (QED) is 0.232. The zero-order valence-electron chi connectivity index (χ0n) is 22.7. The summed E-state index contributed by atoms with van der Waals surface area (Å²) in [5.74, 6) is 0.0378. The Bertz CT molecular complexity index is 1690. The number of hydrogen-bond donors (Lipinski definition) is 3. The molecule has 2 atom stereocenters. The molecule has 4 aromatic carbocycles. The number of carbonyl (C=O) groups is 2. The predicted octanol–water partition coefficient (Wildman–Crippen LogP) is 5.72. The number of H-pyrrole nitrogens is 1. The number of hydrogen-bond acceptors (Lipinski definition) is 4. The van der Waals surface area contributed by atoms with Gasteiger partial charge in [0.15, 0.2) is 0 Å². The van der Waals surface area contributed by atoms with Crippen molar-refractivity contribution < 1.29 is 19.4 Å². The maximum Gasteiger partial charge on any atom is 0.255 e. The van der Waals surface area contributed by atoms with E-state index in [-0.39, 0.29) is 17.6 Å². The average Bonchev–Trinajstić information content (AvgIpc) is 3.40. The van der Waals surface area contributed by atoms with Gasteiger partial charge in [-0.25, -0.2) is 0 Å². The van der Waals surface area contributed by atoms with Crippen molar-refractivity contribution in [3.63, 3.8) is 0 Å². The number of nitrogens with one attached hydrogen (secondary N) is 2. The summed E-state index contributed by atoms with van der Waals surface area (Å²) in [6.45, 7) is 0.773. The van der Waals surface area contributed by atoms with Crippen molar-refractivity contribution in [3.05, 3.63) is 131 Å². The Kier molecular flexibility index (Phi) is 7.17. The summed E-state index contributed by atoms with van der Waals surface area (Å²) in [6.07, 6.45) is 2.50. The first-order chi connectivity index (χ1) is 20.0. The fraction of sp³-hybridized carbons (Fsp3) is 0.176. The molecule has 7 nitrogen and oxygen atoms in total. The summed E-state index contributed by atoms with van der Waals surface area (Å²) >= 11 is 0. The molecule has 1 aliphatic rings. The summed E-state index contributed by atoms with van der Waals surface area (Å²) in [7, 11) is 1.61. The summed E-state index contributed by atoms with van der Waals surface area (Å²) in [6, 6.07) is 29.5. The van der Waals surface area contributed by atoms with E-state index in [2.05, 4.69) is 10.3 Å². The number of aromatic nitrogens is 1. The number of methoxy groups -OCH3 is 1. The first kappa shape index (κ1) is 26.2. The fourth-order valence-electron chi connectivity index (χ4n) is 5.81. The Morgan fingerprint density at radius 3 is 2.51 bits per heavy atom. The number of rotatable bonds is 8. The first-order valence-corrected chi connectivity index (χ1v) is 13.7. The van der Waals surface area contributed by atoms with E-state index in [0.717, 1.165) is 33.2 Å². The van der Waals surface area contributed by atoms with Crippen molar-refractivity contribution in [2.75, 3.05) is 13.7 Å². The topological polar surface area (TPSA) is 94.7 Å². The van der Waals surface area contributed by atoms with Gasteiger partial charge in [-0.3, -0.25) is 9.59 Å². The molecule has 3 N–H and O–H groups in total. The maximum absolute atomic E-state index is 14.1. The number of carbonyl (C=O) groups excluding carboxylic acids is 2. The summed E-state index contributed by atoms with van der Waals surface area (Å²) in [4.78, 5) is 33.1. The zero-order valence-corrected chi connectivity index (χ0v) is 22.7. The van der Waals surface area contributed by atoms with Crippen LogP contribution in [0.15, 0.2) is 103 Å². The lowest BCUT2D eigenvalue weighted by Gasteiger charge is -2.42. The van der Waals surface area contributed by atoms with Crippen LogP contribution in [-0.4, -0.2) is 40.5 Å². The van der Waals surface area contributed by atoms with Crippen molar-refractivity contribution in [2.24, 2.45) is 0 Å². The Hall–Kier alpha value is -5.04. The van der Waals surface area contributed by atoms with Gasteiger partial charge in [0.25, 0.3) is 5.91 Å². The van der Waals surface area contributed by atoms with E-state index < -0.39 is 12.0 Å². The number of phenols is 1. The monoisotopic (exact) mass is 545 g/mol. The third kappa shape index (κ3) is 5.14. The highest BCUT2D eigenvalue weighted by atomic mass is 16.5. The Balaban J connectivity index is 1.35. The van der Waals surface area contributed by atoms with Gasteiger partial charge < -0.3 is 25.0 Å². The lowest BCUT2D eigenvalue weighted by atomic mass is 9.79. The summed E-state index contributed by atoms with van der Waals surface area (Å²) in [5.41, 5.74) is 5.04. The molecule has 7 heteroatoms. The third-order valence-corrected chi connectivity index (χ3v) is 7.82. The first-order valence-electron chi connectivity index (χ1n) is 13.7. The normalized spacial score (nSPS) is 16.4. The van der Waals surface area contributed by atoms with Crippen LogP contribution in [0.25, 0.3) is 10.9 Å². The molecule has 0 fully saturated rings. The lowest BCUT2D eigenvalue weighted by Crippen LogP contribution is -2.47. The molecule has 206 valence electrons. The van der Waals surface area contributed by atoms with Gasteiger partial charge in [-0.2, -0.15) is 0 Å². The number of ether oxygens (including phenoxy) is 1.